The Kier molecular flexibility index (Phi) is 7.73. The molecular weight excluding hydrogens is 571 g/mol. The number of carbonyl (C=O) groups excluding carboxylic acids is 1. The summed E-state index contributed by atoms with van der Waals surface area (Å²) < 4.78 is 18.4. The molecule has 1 radical (unpaired) electrons. The molecule has 1 aromatic carbocycles. The predicted octanol–water partition coefficient (Wildman–Crippen LogP) is 2.48. The van der Waals surface area contributed by atoms with Crippen LogP contribution in [0.5, 0.6) is 11.5 Å². The number of aromatic nitrogens is 2. The van der Waals surface area contributed by atoms with Crippen molar-refractivity contribution in [2.45, 2.75) is 58.4 Å². The smallest absolute Gasteiger partial charge is 0.277 e. The number of pyridine rings is 2. The van der Waals surface area contributed by atoms with Gasteiger partial charge in [-0.3, -0.25) is 9.59 Å². The van der Waals surface area contributed by atoms with Crippen molar-refractivity contribution in [3.63, 3.8) is 0 Å². The van der Waals surface area contributed by atoms with Gasteiger partial charge >= 0.3 is 0 Å². The van der Waals surface area contributed by atoms with Crippen LogP contribution in [0.3, 0.4) is 0 Å². The number of β-amino-alcohol motifs (C(OH)–C–C–N with tert-alkyl or cyclic N) is 1. The fourth-order valence-electron chi connectivity index (χ4n) is 6.49. The van der Waals surface area contributed by atoms with E-state index >= 15 is 0 Å². The number of nitrogens with one attached hydrogen (secondary N) is 1. The molecule has 0 amide bonds. The van der Waals surface area contributed by atoms with E-state index in [-0.39, 0.29) is 41.7 Å². The van der Waals surface area contributed by atoms with E-state index < -0.39 is 6.10 Å². The number of carbonyl (C=O) groups is 1. The standard InChI is InChI=1S/C30H33N4O6.Co/c1-2-18-19-8-25-28-22(14-34(25)29(36)23(19)15-38-30(18)37)21(12-31-11-17(35)13-33-6-4-3-5-7-33)20-9-26-27(40-16-39-26)10-24(20)32-28;/h8-10,17,31,35H,2-7,11-16H2,1H3;/q-1;. The number of piperidine rings is 1. The maximum absolute atomic E-state index is 13.6. The molecule has 1 atom stereocenters. The summed E-state index contributed by atoms with van der Waals surface area (Å²) in [5.41, 5.74) is 5.15. The molecule has 219 valence electrons. The van der Waals surface area contributed by atoms with Crippen molar-refractivity contribution >= 4 is 16.9 Å². The molecule has 1 saturated heterocycles. The van der Waals surface area contributed by atoms with Crippen LogP contribution in [0.4, 0.5) is 0 Å². The third kappa shape index (κ3) is 4.89. The topological polar surface area (TPSA) is 115 Å². The van der Waals surface area contributed by atoms with Gasteiger partial charge in [-0.25, -0.2) is 4.98 Å². The van der Waals surface area contributed by atoms with Gasteiger partial charge in [-0.05, 0) is 43.1 Å². The quantitative estimate of drug-likeness (QED) is 0.243. The Hall–Kier alpha value is -3.09. The molecular formula is C30H33CoN4O6-. The second-order valence-electron chi connectivity index (χ2n) is 11.0. The van der Waals surface area contributed by atoms with E-state index in [0.29, 0.717) is 66.8 Å². The predicted molar refractivity (Wildman–Crippen MR) is 147 cm³/mol. The fourth-order valence-corrected chi connectivity index (χ4v) is 6.49. The monoisotopic (exact) mass is 604 g/mol. The summed E-state index contributed by atoms with van der Waals surface area (Å²) in [6.45, 7) is 6.09. The van der Waals surface area contributed by atoms with Gasteiger partial charge in [-0.15, -0.1) is 6.07 Å². The molecule has 0 spiro atoms. The van der Waals surface area contributed by atoms with E-state index in [0.717, 1.165) is 40.8 Å². The van der Waals surface area contributed by atoms with Gasteiger partial charge in [-0.1, -0.05) is 25.7 Å². The van der Waals surface area contributed by atoms with E-state index in [4.69, 9.17) is 19.2 Å². The summed E-state index contributed by atoms with van der Waals surface area (Å²) in [6.07, 6.45) is 3.64. The van der Waals surface area contributed by atoms with Crippen molar-refractivity contribution in [1.82, 2.24) is 19.8 Å². The molecule has 0 bridgehead atoms. The first-order valence-electron chi connectivity index (χ1n) is 14.2. The van der Waals surface area contributed by atoms with Crippen LogP contribution in [0.1, 0.15) is 54.9 Å². The van der Waals surface area contributed by atoms with Crippen LogP contribution in [0, 0.1) is 5.92 Å². The first-order chi connectivity index (χ1) is 19.5. The molecule has 41 heavy (non-hydrogen) atoms. The first kappa shape index (κ1) is 28.0. The van der Waals surface area contributed by atoms with E-state index in [9.17, 15) is 14.7 Å². The molecule has 6 heterocycles. The molecule has 1 unspecified atom stereocenters. The van der Waals surface area contributed by atoms with Crippen molar-refractivity contribution in [3.8, 4) is 22.9 Å². The van der Waals surface area contributed by atoms with Crippen molar-refractivity contribution in [3.05, 3.63) is 56.7 Å². The van der Waals surface area contributed by atoms with Gasteiger partial charge in [0.15, 0.2) is 11.5 Å². The molecule has 10 nitrogen and oxygen atoms in total. The van der Waals surface area contributed by atoms with Gasteiger partial charge in [0.25, 0.3) is 5.97 Å². The average Bonchev–Trinajstić information content (AvgIpc) is 3.56. The second-order valence-corrected chi connectivity index (χ2v) is 11.0. The summed E-state index contributed by atoms with van der Waals surface area (Å²) in [4.78, 5) is 33.4. The van der Waals surface area contributed by atoms with Crippen LogP contribution in [0.15, 0.2) is 23.0 Å². The zero-order valence-corrected chi connectivity index (χ0v) is 24.0. The Labute approximate surface area is 248 Å². The number of hydrogen-bond donors (Lipinski definition) is 2. The van der Waals surface area contributed by atoms with Crippen LogP contribution in [-0.4, -0.2) is 64.6 Å². The zero-order valence-electron chi connectivity index (χ0n) is 23.0. The number of cyclic esters (lactones) is 1. The van der Waals surface area contributed by atoms with Crippen LogP contribution in [0.25, 0.3) is 22.3 Å². The summed E-state index contributed by atoms with van der Waals surface area (Å²) in [5.74, 6) is 1.45. The minimum atomic E-state index is -0.479. The molecule has 0 saturated carbocycles. The zero-order chi connectivity index (χ0) is 27.4. The molecule has 1 fully saturated rings. The minimum Gasteiger partial charge on any atom is -0.479 e. The number of hydrogen-bond acceptors (Lipinski definition) is 9. The number of ether oxygens (including phenoxy) is 3. The van der Waals surface area contributed by atoms with E-state index in [1.54, 1.807) is 4.57 Å². The normalized spacial score (nSPS) is 18.0. The number of likely N-dealkylation sites (tertiary alicyclic amines) is 1. The van der Waals surface area contributed by atoms with Gasteiger partial charge in [0.1, 0.15) is 0 Å². The van der Waals surface area contributed by atoms with Crippen molar-refractivity contribution in [1.29, 1.82) is 0 Å². The molecule has 2 aromatic heterocycles. The SMILES string of the molecule is CC[C-]1C(=O)OCc2c1cc1n(c2=O)Cc2c-1nc1cc3c(cc1c2CNCC(O)CN1CCCCC1)OCO3.[Co]. The molecule has 4 aliphatic rings. The van der Waals surface area contributed by atoms with Gasteiger partial charge < -0.3 is 34.1 Å². The van der Waals surface area contributed by atoms with Gasteiger partial charge in [-0.2, -0.15) is 5.56 Å². The fraction of sp³-hybridized carbons (Fsp3) is 0.467. The maximum Gasteiger partial charge on any atom is 0.277 e. The molecule has 0 aliphatic carbocycles. The van der Waals surface area contributed by atoms with Gasteiger partial charge in [0.05, 0.1) is 30.5 Å². The van der Waals surface area contributed by atoms with E-state index in [1.165, 1.54) is 19.3 Å². The summed E-state index contributed by atoms with van der Waals surface area (Å²) >= 11 is 0. The maximum atomic E-state index is 13.6. The number of aliphatic hydroxyl groups is 1. The minimum absolute atomic E-state index is 0. The summed E-state index contributed by atoms with van der Waals surface area (Å²) in [7, 11) is 0. The Morgan fingerprint density at radius 1 is 1.07 bits per heavy atom. The number of rotatable bonds is 7. The molecule has 2 N–H and O–H groups in total. The molecule has 11 heteroatoms. The van der Waals surface area contributed by atoms with Gasteiger partial charge in [0, 0.05) is 59.1 Å². The van der Waals surface area contributed by atoms with E-state index in [1.807, 2.05) is 25.1 Å². The summed E-state index contributed by atoms with van der Waals surface area (Å²) in [5, 5.41) is 15.1. The molecule has 3 aromatic rings. The van der Waals surface area contributed by atoms with Crippen LogP contribution in [0.2, 0.25) is 0 Å². The van der Waals surface area contributed by atoms with Crippen LogP contribution >= 0.6 is 0 Å². The number of benzene rings is 1. The Morgan fingerprint density at radius 3 is 2.63 bits per heavy atom. The van der Waals surface area contributed by atoms with Crippen LogP contribution in [-0.2, 0) is 46.0 Å². The largest absolute Gasteiger partial charge is 0.479 e. The van der Waals surface area contributed by atoms with Crippen molar-refractivity contribution < 1.29 is 40.9 Å². The molecule has 4 aliphatic heterocycles. The number of nitrogens with zero attached hydrogens (tertiary/aromatic N) is 3. The van der Waals surface area contributed by atoms with Crippen molar-refractivity contribution in [2.24, 2.45) is 0 Å². The Balaban J connectivity index is 0.00000302. The Bertz CT molecular complexity index is 1570. The van der Waals surface area contributed by atoms with Gasteiger partial charge in [0.2, 0.25) is 12.4 Å². The average molecular weight is 605 g/mol. The first-order valence-corrected chi connectivity index (χ1v) is 14.2. The third-order valence-corrected chi connectivity index (χ3v) is 8.53. The van der Waals surface area contributed by atoms with Crippen LogP contribution < -0.4 is 20.3 Å². The Morgan fingerprint density at radius 2 is 1.85 bits per heavy atom. The van der Waals surface area contributed by atoms with E-state index in [2.05, 4.69) is 10.2 Å². The van der Waals surface area contributed by atoms with Crippen molar-refractivity contribution in [2.75, 3.05) is 33.0 Å². The third-order valence-electron chi connectivity index (χ3n) is 8.53. The molecule has 7 rings (SSSR count). The second kappa shape index (κ2) is 11.3. The number of esters is 1. The number of fused-ring (bicyclic) bond motifs is 6. The number of aliphatic hydroxyl groups excluding tert-OH is 1. The summed E-state index contributed by atoms with van der Waals surface area (Å²) in [6, 6.07) is 5.76.